The summed E-state index contributed by atoms with van der Waals surface area (Å²) in [5, 5.41) is 10.5. The molecule has 1 fully saturated rings. The van der Waals surface area contributed by atoms with Gasteiger partial charge >= 0.3 is 0 Å². The highest BCUT2D eigenvalue weighted by molar-refractivity contribution is 7.15. The van der Waals surface area contributed by atoms with Gasteiger partial charge in [0, 0.05) is 17.8 Å². The van der Waals surface area contributed by atoms with E-state index in [1.165, 1.54) is 27.2 Å². The molecule has 0 spiro atoms. The molecule has 0 unspecified atom stereocenters. The summed E-state index contributed by atoms with van der Waals surface area (Å²) in [7, 11) is 0. The van der Waals surface area contributed by atoms with Crippen LogP contribution in [-0.4, -0.2) is 33.5 Å². The van der Waals surface area contributed by atoms with Gasteiger partial charge in [0.05, 0.1) is 22.5 Å². The Morgan fingerprint density at radius 1 is 1.37 bits per heavy atom. The van der Waals surface area contributed by atoms with Gasteiger partial charge in [0.15, 0.2) is 10.9 Å². The Bertz CT molecular complexity index is 1050. The zero-order valence-electron chi connectivity index (χ0n) is 14.3. The minimum Gasteiger partial charge on any atom is -0.302 e. The predicted octanol–water partition coefficient (Wildman–Crippen LogP) is 2.64. The van der Waals surface area contributed by atoms with Crippen LogP contribution < -0.4 is 10.2 Å². The molecule has 0 radical (unpaired) electrons. The molecule has 138 valence electrons. The van der Waals surface area contributed by atoms with Gasteiger partial charge in [-0.3, -0.25) is 19.6 Å². The molecule has 2 aromatic heterocycles. The van der Waals surface area contributed by atoms with Crippen molar-refractivity contribution in [2.75, 3.05) is 16.8 Å². The molecule has 1 aliphatic heterocycles. The van der Waals surface area contributed by atoms with Gasteiger partial charge < -0.3 is 5.32 Å². The minimum absolute atomic E-state index is 0.0692. The second kappa shape index (κ2) is 6.12. The van der Waals surface area contributed by atoms with Gasteiger partial charge in [0.1, 0.15) is 5.82 Å². The number of aromatic nitrogens is 3. The van der Waals surface area contributed by atoms with Gasteiger partial charge in [-0.25, -0.2) is 9.37 Å². The molecule has 0 bridgehead atoms. The number of H-pyrrole nitrogens is 1. The topological polar surface area (TPSA) is 91.0 Å². The van der Waals surface area contributed by atoms with Crippen molar-refractivity contribution in [3.63, 3.8) is 0 Å². The second-order valence-corrected chi connectivity index (χ2v) is 7.93. The van der Waals surface area contributed by atoms with Crippen LogP contribution >= 0.6 is 11.3 Å². The van der Waals surface area contributed by atoms with Crippen LogP contribution in [0.5, 0.6) is 0 Å². The van der Waals surface area contributed by atoms with Gasteiger partial charge in [-0.1, -0.05) is 6.07 Å². The van der Waals surface area contributed by atoms with E-state index in [4.69, 9.17) is 0 Å². The lowest BCUT2D eigenvalue weighted by Gasteiger charge is -2.14. The molecule has 3 heterocycles. The fraction of sp³-hybridized carbons (Fsp3) is 0.333. The average molecular weight is 385 g/mol. The Kier molecular flexibility index (Phi) is 3.71. The van der Waals surface area contributed by atoms with Crippen LogP contribution in [0.25, 0.3) is 10.9 Å². The molecule has 3 aromatic rings. The number of carbonyl (C=O) groups is 2. The van der Waals surface area contributed by atoms with Gasteiger partial charge in [0.25, 0.3) is 0 Å². The fourth-order valence-electron chi connectivity index (χ4n) is 3.75. The number of amides is 2. The number of thiazole rings is 1. The summed E-state index contributed by atoms with van der Waals surface area (Å²) >= 11 is 1.50. The van der Waals surface area contributed by atoms with Crippen LogP contribution in [-0.2, 0) is 22.4 Å². The van der Waals surface area contributed by atoms with Gasteiger partial charge in [0.2, 0.25) is 11.8 Å². The van der Waals surface area contributed by atoms with Crippen molar-refractivity contribution in [3.05, 3.63) is 34.6 Å². The van der Waals surface area contributed by atoms with Crippen molar-refractivity contribution in [3.8, 4) is 0 Å². The highest BCUT2D eigenvalue weighted by Gasteiger charge is 2.37. The normalized spacial score (nSPS) is 19.1. The van der Waals surface area contributed by atoms with Crippen molar-refractivity contribution < 1.29 is 14.0 Å². The zero-order chi connectivity index (χ0) is 18.5. The Hall–Kier alpha value is -2.81. The van der Waals surface area contributed by atoms with Crippen molar-refractivity contribution in [2.24, 2.45) is 5.92 Å². The Morgan fingerprint density at radius 2 is 2.26 bits per heavy atom. The molecule has 27 heavy (non-hydrogen) atoms. The monoisotopic (exact) mass is 385 g/mol. The number of benzene rings is 1. The number of hydrogen-bond donors (Lipinski definition) is 2. The molecule has 1 aromatic carbocycles. The first-order valence-corrected chi connectivity index (χ1v) is 9.64. The smallest absolute Gasteiger partial charge is 0.231 e. The quantitative estimate of drug-likeness (QED) is 0.725. The molecule has 1 saturated heterocycles. The van der Waals surface area contributed by atoms with E-state index in [9.17, 15) is 14.0 Å². The summed E-state index contributed by atoms with van der Waals surface area (Å²) in [6, 6.07) is 4.60. The third kappa shape index (κ3) is 2.69. The number of halogens is 1. The number of aromatic amines is 1. The van der Waals surface area contributed by atoms with E-state index in [0.717, 1.165) is 25.0 Å². The van der Waals surface area contributed by atoms with Crippen LogP contribution in [0.2, 0.25) is 0 Å². The van der Waals surface area contributed by atoms with Gasteiger partial charge in [-0.2, -0.15) is 5.10 Å². The molecule has 5 rings (SSSR count). The Labute approximate surface area is 157 Å². The molecule has 2 N–H and O–H groups in total. The van der Waals surface area contributed by atoms with Crippen molar-refractivity contribution in [2.45, 2.75) is 25.7 Å². The molecule has 2 amide bonds. The Balaban J connectivity index is 1.35. The summed E-state index contributed by atoms with van der Waals surface area (Å²) < 4.78 is 14.2. The highest BCUT2D eigenvalue weighted by Crippen LogP contribution is 2.33. The summed E-state index contributed by atoms with van der Waals surface area (Å²) in [6.45, 7) is 0.171. The molecular formula is C18H16FN5O2S. The standard InChI is InChI=1S/C18H16FN5O2S/c19-10-3-1-5-12-15(10)16(23-22-12)24-8-9(7-14(24)25)17(26)21-18-20-11-4-2-6-13(11)27-18/h1,3,5,9H,2,4,6-8H2,(H,22,23)(H,20,21,26)/t9-/m1/s1. The van der Waals surface area contributed by atoms with E-state index >= 15 is 0 Å². The van der Waals surface area contributed by atoms with E-state index in [-0.39, 0.29) is 36.0 Å². The summed E-state index contributed by atoms with van der Waals surface area (Å²) in [5.74, 6) is -1.22. The average Bonchev–Trinajstić information content (AvgIpc) is 3.37. The van der Waals surface area contributed by atoms with E-state index < -0.39 is 11.7 Å². The number of nitrogens with zero attached hydrogens (tertiary/aromatic N) is 3. The first kappa shape index (κ1) is 16.4. The number of rotatable bonds is 3. The predicted molar refractivity (Wildman–Crippen MR) is 99.3 cm³/mol. The van der Waals surface area contributed by atoms with Crippen LogP contribution in [0.1, 0.15) is 23.4 Å². The lowest BCUT2D eigenvalue weighted by Crippen LogP contribution is -2.28. The lowest BCUT2D eigenvalue weighted by atomic mass is 10.1. The molecule has 1 aliphatic carbocycles. The number of fused-ring (bicyclic) bond motifs is 2. The molecule has 7 nitrogen and oxygen atoms in total. The van der Waals surface area contributed by atoms with Crippen LogP contribution in [0.15, 0.2) is 18.2 Å². The van der Waals surface area contributed by atoms with E-state index in [0.29, 0.717) is 10.6 Å². The number of anilines is 2. The summed E-state index contributed by atoms with van der Waals surface area (Å²) in [4.78, 5) is 32.1. The number of aryl methyl sites for hydroxylation is 2. The Morgan fingerprint density at radius 3 is 3.11 bits per heavy atom. The number of hydrogen-bond acceptors (Lipinski definition) is 5. The number of carbonyl (C=O) groups excluding carboxylic acids is 2. The maximum Gasteiger partial charge on any atom is 0.231 e. The van der Waals surface area contributed by atoms with Crippen molar-refractivity contribution >= 4 is 45.0 Å². The van der Waals surface area contributed by atoms with Crippen LogP contribution in [0, 0.1) is 11.7 Å². The molecule has 1 atom stereocenters. The first-order valence-electron chi connectivity index (χ1n) is 8.82. The van der Waals surface area contributed by atoms with E-state index in [1.54, 1.807) is 12.1 Å². The first-order chi connectivity index (χ1) is 13.1. The van der Waals surface area contributed by atoms with Crippen LogP contribution in [0.3, 0.4) is 0 Å². The molecular weight excluding hydrogens is 369 g/mol. The fourth-order valence-corrected chi connectivity index (χ4v) is 4.80. The molecule has 0 saturated carbocycles. The van der Waals surface area contributed by atoms with Crippen molar-refractivity contribution in [1.29, 1.82) is 0 Å². The largest absolute Gasteiger partial charge is 0.302 e. The highest BCUT2D eigenvalue weighted by atomic mass is 32.1. The minimum atomic E-state index is -0.519. The van der Waals surface area contributed by atoms with Gasteiger partial charge in [-0.05, 0) is 31.4 Å². The zero-order valence-corrected chi connectivity index (χ0v) is 15.1. The summed E-state index contributed by atoms with van der Waals surface area (Å²) in [5.41, 5.74) is 1.58. The van der Waals surface area contributed by atoms with Crippen LogP contribution in [0.4, 0.5) is 15.3 Å². The lowest BCUT2D eigenvalue weighted by molar-refractivity contribution is -0.122. The third-order valence-corrected chi connectivity index (χ3v) is 6.17. The van der Waals surface area contributed by atoms with E-state index in [2.05, 4.69) is 20.5 Å². The SMILES string of the molecule is O=C(Nc1nc2c(s1)CCC2)[C@@H]1CC(=O)N(c2n[nH]c3cccc(F)c23)C1. The molecule has 9 heteroatoms. The maximum atomic E-state index is 14.2. The second-order valence-electron chi connectivity index (χ2n) is 6.85. The number of nitrogens with one attached hydrogen (secondary N) is 2. The van der Waals surface area contributed by atoms with Crippen molar-refractivity contribution in [1.82, 2.24) is 15.2 Å². The van der Waals surface area contributed by atoms with Gasteiger partial charge in [-0.15, -0.1) is 11.3 Å². The third-order valence-electron chi connectivity index (χ3n) is 5.10. The van der Waals surface area contributed by atoms with E-state index in [1.807, 2.05) is 0 Å². The maximum absolute atomic E-state index is 14.2. The summed E-state index contributed by atoms with van der Waals surface area (Å²) in [6.07, 6.45) is 3.15. The molecule has 2 aliphatic rings.